The zero-order valence-corrected chi connectivity index (χ0v) is 11.5. The highest BCUT2D eigenvalue weighted by Crippen LogP contribution is 2.20. The van der Waals surface area contributed by atoms with Crippen LogP contribution in [0.1, 0.15) is 30.8 Å². The molecule has 0 amide bonds. The highest BCUT2D eigenvalue weighted by molar-refractivity contribution is 6.30. The molecule has 0 spiro atoms. The second kappa shape index (κ2) is 5.44. The second-order valence-corrected chi connectivity index (χ2v) is 4.73. The van der Waals surface area contributed by atoms with Crippen LogP contribution in [0.4, 0.5) is 5.69 Å². The van der Waals surface area contributed by atoms with E-state index in [0.29, 0.717) is 0 Å². The third kappa shape index (κ3) is 2.51. The minimum atomic E-state index is 0.741. The van der Waals surface area contributed by atoms with Crippen LogP contribution >= 0.6 is 11.6 Å². The van der Waals surface area contributed by atoms with E-state index >= 15 is 0 Å². The SMILES string of the molecule is CCc1nn(Cc2ccc(Cl)cc2)c(CC)c1N. The van der Waals surface area contributed by atoms with Crippen molar-refractivity contribution in [1.29, 1.82) is 0 Å². The Kier molecular flexibility index (Phi) is 3.92. The number of halogens is 1. The van der Waals surface area contributed by atoms with Gasteiger partial charge in [0.1, 0.15) is 0 Å². The number of nitrogen functional groups attached to an aromatic ring is 1. The topological polar surface area (TPSA) is 43.8 Å². The average Bonchev–Trinajstić information content (AvgIpc) is 2.68. The lowest BCUT2D eigenvalue weighted by atomic mass is 10.2. The molecule has 0 aliphatic rings. The van der Waals surface area contributed by atoms with Gasteiger partial charge in [0.2, 0.25) is 0 Å². The minimum Gasteiger partial charge on any atom is -0.396 e. The van der Waals surface area contributed by atoms with E-state index in [1.54, 1.807) is 0 Å². The monoisotopic (exact) mass is 263 g/mol. The van der Waals surface area contributed by atoms with E-state index in [1.807, 2.05) is 28.9 Å². The molecule has 18 heavy (non-hydrogen) atoms. The first-order valence-electron chi connectivity index (χ1n) is 6.24. The van der Waals surface area contributed by atoms with E-state index in [-0.39, 0.29) is 0 Å². The lowest BCUT2D eigenvalue weighted by molar-refractivity contribution is 0.641. The highest BCUT2D eigenvalue weighted by Gasteiger charge is 2.12. The quantitative estimate of drug-likeness (QED) is 0.920. The predicted octanol–water partition coefficient (Wildman–Crippen LogP) is 3.29. The predicted molar refractivity (Wildman–Crippen MR) is 75.9 cm³/mol. The van der Waals surface area contributed by atoms with E-state index in [0.717, 1.165) is 41.5 Å². The summed E-state index contributed by atoms with van der Waals surface area (Å²) < 4.78 is 2.00. The van der Waals surface area contributed by atoms with Gasteiger partial charge in [-0.3, -0.25) is 4.68 Å². The molecule has 2 aromatic rings. The number of nitrogens with zero attached hydrogens (tertiary/aromatic N) is 2. The number of hydrogen-bond acceptors (Lipinski definition) is 2. The molecule has 1 aromatic heterocycles. The maximum Gasteiger partial charge on any atom is 0.0854 e. The van der Waals surface area contributed by atoms with Crippen molar-refractivity contribution < 1.29 is 0 Å². The van der Waals surface area contributed by atoms with Crippen molar-refractivity contribution in [3.63, 3.8) is 0 Å². The van der Waals surface area contributed by atoms with Crippen molar-refractivity contribution in [2.75, 3.05) is 5.73 Å². The maximum atomic E-state index is 6.10. The Hall–Kier alpha value is -1.48. The number of nitrogens with two attached hydrogens (primary N) is 1. The summed E-state index contributed by atoms with van der Waals surface area (Å²) in [4.78, 5) is 0. The Morgan fingerprint density at radius 1 is 1.17 bits per heavy atom. The van der Waals surface area contributed by atoms with Gasteiger partial charge in [-0.1, -0.05) is 37.6 Å². The summed E-state index contributed by atoms with van der Waals surface area (Å²) in [5, 5.41) is 5.33. The van der Waals surface area contributed by atoms with Crippen LogP contribution in [0.3, 0.4) is 0 Å². The Bertz CT molecular complexity index is 529. The molecule has 0 fully saturated rings. The number of rotatable bonds is 4. The third-order valence-corrected chi connectivity index (χ3v) is 3.34. The average molecular weight is 264 g/mol. The Balaban J connectivity index is 2.31. The first-order valence-corrected chi connectivity index (χ1v) is 6.62. The molecular formula is C14H18ClN3. The first-order chi connectivity index (χ1) is 8.65. The Morgan fingerprint density at radius 3 is 2.39 bits per heavy atom. The summed E-state index contributed by atoms with van der Waals surface area (Å²) in [6.45, 7) is 4.92. The van der Waals surface area contributed by atoms with E-state index in [1.165, 1.54) is 5.56 Å². The van der Waals surface area contributed by atoms with Crippen LogP contribution in [0.5, 0.6) is 0 Å². The summed E-state index contributed by atoms with van der Waals surface area (Å²) in [6.07, 6.45) is 1.76. The van der Waals surface area contributed by atoms with Gasteiger partial charge in [-0.25, -0.2) is 0 Å². The standard InChI is InChI=1S/C14H18ClN3/c1-3-12-14(16)13(4-2)18(17-12)9-10-5-7-11(15)8-6-10/h5-8H,3-4,9,16H2,1-2H3. The fourth-order valence-corrected chi connectivity index (χ4v) is 2.22. The van der Waals surface area contributed by atoms with Crippen molar-refractivity contribution in [2.45, 2.75) is 33.2 Å². The van der Waals surface area contributed by atoms with Gasteiger partial charge in [-0.15, -0.1) is 0 Å². The lowest BCUT2D eigenvalue weighted by Crippen LogP contribution is -2.06. The van der Waals surface area contributed by atoms with E-state index < -0.39 is 0 Å². The normalized spacial score (nSPS) is 10.8. The van der Waals surface area contributed by atoms with Crippen molar-refractivity contribution in [1.82, 2.24) is 9.78 Å². The van der Waals surface area contributed by atoms with Gasteiger partial charge >= 0.3 is 0 Å². The molecule has 4 heteroatoms. The van der Waals surface area contributed by atoms with E-state index in [2.05, 4.69) is 18.9 Å². The summed E-state index contributed by atoms with van der Waals surface area (Å²) in [5.41, 5.74) is 10.2. The van der Waals surface area contributed by atoms with Crippen molar-refractivity contribution in [3.05, 3.63) is 46.2 Å². The highest BCUT2D eigenvalue weighted by atomic mass is 35.5. The molecule has 2 rings (SSSR count). The second-order valence-electron chi connectivity index (χ2n) is 4.30. The smallest absolute Gasteiger partial charge is 0.0854 e. The number of benzene rings is 1. The largest absolute Gasteiger partial charge is 0.396 e. The summed E-state index contributed by atoms with van der Waals surface area (Å²) >= 11 is 5.88. The van der Waals surface area contributed by atoms with E-state index in [9.17, 15) is 0 Å². The summed E-state index contributed by atoms with van der Waals surface area (Å²) in [7, 11) is 0. The van der Waals surface area contributed by atoms with Crippen LogP contribution in [0, 0.1) is 0 Å². The minimum absolute atomic E-state index is 0.741. The van der Waals surface area contributed by atoms with Gasteiger partial charge in [-0.2, -0.15) is 5.10 Å². The van der Waals surface area contributed by atoms with Crippen LogP contribution in [0.2, 0.25) is 5.02 Å². The fourth-order valence-electron chi connectivity index (χ4n) is 2.09. The number of hydrogen-bond donors (Lipinski definition) is 1. The molecular weight excluding hydrogens is 246 g/mol. The van der Waals surface area contributed by atoms with Gasteiger partial charge in [0.25, 0.3) is 0 Å². The Morgan fingerprint density at radius 2 is 1.83 bits per heavy atom. The molecule has 0 saturated heterocycles. The van der Waals surface area contributed by atoms with Crippen molar-refractivity contribution in [2.24, 2.45) is 0 Å². The first kappa shape index (κ1) is 13.0. The van der Waals surface area contributed by atoms with Gasteiger partial charge < -0.3 is 5.73 Å². The molecule has 0 aliphatic carbocycles. The zero-order chi connectivity index (χ0) is 13.1. The van der Waals surface area contributed by atoms with Crippen molar-refractivity contribution in [3.8, 4) is 0 Å². The van der Waals surface area contributed by atoms with Crippen LogP contribution in [0.25, 0.3) is 0 Å². The van der Waals surface area contributed by atoms with E-state index in [4.69, 9.17) is 17.3 Å². The molecule has 0 bridgehead atoms. The number of aromatic nitrogens is 2. The Labute approximate surface area is 113 Å². The molecule has 0 aliphatic heterocycles. The molecule has 96 valence electrons. The zero-order valence-electron chi connectivity index (χ0n) is 10.8. The van der Waals surface area contributed by atoms with Crippen molar-refractivity contribution >= 4 is 17.3 Å². The van der Waals surface area contributed by atoms with Gasteiger partial charge in [0, 0.05) is 5.02 Å². The van der Waals surface area contributed by atoms with Crippen LogP contribution in [-0.4, -0.2) is 9.78 Å². The van der Waals surface area contributed by atoms with Gasteiger partial charge in [-0.05, 0) is 30.5 Å². The lowest BCUT2D eigenvalue weighted by Gasteiger charge is -2.06. The molecule has 2 N–H and O–H groups in total. The number of aryl methyl sites for hydroxylation is 1. The van der Waals surface area contributed by atoms with Crippen LogP contribution in [0.15, 0.2) is 24.3 Å². The molecule has 3 nitrogen and oxygen atoms in total. The maximum absolute atomic E-state index is 6.10. The molecule has 0 atom stereocenters. The van der Waals surface area contributed by atoms with Crippen LogP contribution < -0.4 is 5.73 Å². The molecule has 0 unspecified atom stereocenters. The molecule has 1 heterocycles. The summed E-state index contributed by atoms with van der Waals surface area (Å²) in [5.74, 6) is 0. The van der Waals surface area contributed by atoms with Gasteiger partial charge in [0.05, 0.1) is 23.6 Å². The summed E-state index contributed by atoms with van der Waals surface area (Å²) in [6, 6.07) is 7.84. The number of anilines is 1. The van der Waals surface area contributed by atoms with Gasteiger partial charge in [0.15, 0.2) is 0 Å². The molecule has 0 radical (unpaired) electrons. The van der Waals surface area contributed by atoms with Crippen LogP contribution in [-0.2, 0) is 19.4 Å². The third-order valence-electron chi connectivity index (χ3n) is 3.09. The fraction of sp³-hybridized carbons (Fsp3) is 0.357. The molecule has 0 saturated carbocycles. The molecule has 1 aromatic carbocycles.